The fraction of sp³-hybridized carbons (Fsp3) is 0.0769. The molecule has 2 heteroatoms. The molecule has 0 aliphatic carbocycles. The molecule has 0 radical (unpaired) electrons. The van der Waals surface area contributed by atoms with Crippen molar-refractivity contribution in [3.05, 3.63) is 60.7 Å². The Morgan fingerprint density at radius 2 is 1.93 bits per heavy atom. The van der Waals surface area contributed by atoms with Gasteiger partial charge in [0, 0.05) is 0 Å². The minimum atomic E-state index is 0.00651. The lowest BCUT2D eigenvalue weighted by atomic mass is 10.0. The molecule has 0 aromatic heterocycles. The predicted molar refractivity (Wildman–Crippen MR) is 62.5 cm³/mol. The van der Waals surface area contributed by atoms with Gasteiger partial charge in [-0.1, -0.05) is 43.0 Å². The van der Waals surface area contributed by atoms with E-state index < -0.39 is 0 Å². The molecule has 0 spiro atoms. The third kappa shape index (κ3) is 3.44. The van der Waals surface area contributed by atoms with E-state index in [1.807, 2.05) is 24.3 Å². The molecular formula is C13H14O2. The number of aromatic hydroxyl groups is 1. The third-order valence-electron chi connectivity index (χ3n) is 1.90. The summed E-state index contributed by atoms with van der Waals surface area (Å²) in [5.74, 6) is 0.239. The van der Waals surface area contributed by atoms with Crippen LogP contribution < -0.4 is 0 Å². The summed E-state index contributed by atoms with van der Waals surface area (Å²) in [4.78, 5) is 0. The van der Waals surface area contributed by atoms with Gasteiger partial charge in [0.1, 0.15) is 5.75 Å². The van der Waals surface area contributed by atoms with Crippen molar-refractivity contribution in [2.45, 2.75) is 0 Å². The molecule has 78 valence electrons. The molecule has 0 fully saturated rings. The first-order valence-electron chi connectivity index (χ1n) is 4.67. The summed E-state index contributed by atoms with van der Waals surface area (Å²) in [6, 6.07) is 6.87. The Balaban J connectivity index is 2.99. The Hall–Kier alpha value is -1.80. The highest BCUT2D eigenvalue weighted by atomic mass is 16.3. The number of aliphatic hydroxyl groups is 1. The maximum Gasteiger partial charge on any atom is 0.115 e. The molecule has 1 aromatic rings. The number of hydrogen-bond donors (Lipinski definition) is 2. The smallest absolute Gasteiger partial charge is 0.115 e. The fourth-order valence-corrected chi connectivity index (χ4v) is 1.21. The lowest BCUT2D eigenvalue weighted by Gasteiger charge is -2.01. The number of aliphatic hydroxyl groups excluding tert-OH is 1. The molecule has 0 aliphatic heterocycles. The summed E-state index contributed by atoms with van der Waals surface area (Å²) < 4.78 is 0. The van der Waals surface area contributed by atoms with Gasteiger partial charge >= 0.3 is 0 Å². The number of benzene rings is 1. The van der Waals surface area contributed by atoms with Crippen molar-refractivity contribution >= 4 is 5.57 Å². The zero-order chi connectivity index (χ0) is 11.1. The Morgan fingerprint density at radius 3 is 2.47 bits per heavy atom. The first kappa shape index (κ1) is 11.3. The highest BCUT2D eigenvalue weighted by Crippen LogP contribution is 2.19. The van der Waals surface area contributed by atoms with Crippen LogP contribution in [-0.4, -0.2) is 16.8 Å². The zero-order valence-electron chi connectivity index (χ0n) is 8.43. The van der Waals surface area contributed by atoms with E-state index >= 15 is 0 Å². The zero-order valence-corrected chi connectivity index (χ0v) is 8.43. The predicted octanol–water partition coefficient (Wildman–Crippen LogP) is 2.51. The van der Waals surface area contributed by atoms with Gasteiger partial charge in [-0.25, -0.2) is 0 Å². The van der Waals surface area contributed by atoms with Gasteiger partial charge in [0.15, 0.2) is 0 Å². The Bertz CT molecular complexity index is 372. The molecule has 0 unspecified atom stereocenters. The van der Waals surface area contributed by atoms with Crippen molar-refractivity contribution in [3.8, 4) is 5.75 Å². The topological polar surface area (TPSA) is 40.5 Å². The van der Waals surface area contributed by atoms with Crippen molar-refractivity contribution in [1.82, 2.24) is 0 Å². The van der Waals surface area contributed by atoms with Gasteiger partial charge in [0.05, 0.1) is 6.61 Å². The second kappa shape index (κ2) is 5.83. The molecule has 0 atom stereocenters. The Kier molecular flexibility index (Phi) is 4.38. The average Bonchev–Trinajstić information content (AvgIpc) is 2.25. The summed E-state index contributed by atoms with van der Waals surface area (Å²) >= 11 is 0. The number of allylic oxidation sites excluding steroid dienone is 4. The van der Waals surface area contributed by atoms with E-state index in [0.717, 1.165) is 11.1 Å². The lowest BCUT2D eigenvalue weighted by Crippen LogP contribution is -1.81. The summed E-state index contributed by atoms with van der Waals surface area (Å²) in [5, 5.41) is 17.8. The van der Waals surface area contributed by atoms with Crippen LogP contribution >= 0.6 is 0 Å². The van der Waals surface area contributed by atoms with Gasteiger partial charge in [0.25, 0.3) is 0 Å². The van der Waals surface area contributed by atoms with Crippen molar-refractivity contribution in [3.63, 3.8) is 0 Å². The van der Waals surface area contributed by atoms with Crippen LogP contribution in [0.1, 0.15) is 5.56 Å². The van der Waals surface area contributed by atoms with E-state index in [0.29, 0.717) is 0 Å². The molecule has 15 heavy (non-hydrogen) atoms. The van der Waals surface area contributed by atoms with Gasteiger partial charge in [-0.3, -0.25) is 0 Å². The lowest BCUT2D eigenvalue weighted by molar-refractivity contribution is 0.343. The van der Waals surface area contributed by atoms with Gasteiger partial charge in [-0.2, -0.15) is 0 Å². The minimum Gasteiger partial charge on any atom is -0.508 e. The van der Waals surface area contributed by atoms with Crippen LogP contribution in [0, 0.1) is 0 Å². The molecular weight excluding hydrogens is 188 g/mol. The largest absolute Gasteiger partial charge is 0.508 e. The molecule has 0 bridgehead atoms. The number of rotatable bonds is 4. The third-order valence-corrected chi connectivity index (χ3v) is 1.90. The van der Waals surface area contributed by atoms with Gasteiger partial charge in [0.2, 0.25) is 0 Å². The first-order valence-corrected chi connectivity index (χ1v) is 4.67. The normalized spacial score (nSPS) is 11.9. The van der Waals surface area contributed by atoms with Crippen LogP contribution in [0.25, 0.3) is 5.57 Å². The number of phenols is 1. The standard InChI is InChI=1S/C13H14O2/c1-2-4-11(5-3-10-14)12-6-8-13(15)9-7-12/h2-9,14-15H,1,10H2/b5-3-,11-4+. The number of phenolic OH excluding ortho intramolecular Hbond substituents is 1. The van der Waals surface area contributed by atoms with Crippen molar-refractivity contribution in [2.75, 3.05) is 6.61 Å². The second-order valence-corrected chi connectivity index (χ2v) is 2.99. The first-order chi connectivity index (χ1) is 7.27. The van der Waals surface area contributed by atoms with E-state index in [1.165, 1.54) is 0 Å². The Labute approximate surface area is 89.5 Å². The van der Waals surface area contributed by atoms with Crippen LogP contribution in [0.4, 0.5) is 0 Å². The molecule has 0 aliphatic rings. The summed E-state index contributed by atoms with van der Waals surface area (Å²) in [6.07, 6.45) is 7.00. The molecule has 1 rings (SSSR count). The van der Waals surface area contributed by atoms with Crippen molar-refractivity contribution < 1.29 is 10.2 Å². The maximum atomic E-state index is 9.15. The van der Waals surface area contributed by atoms with Crippen LogP contribution in [0.15, 0.2) is 55.1 Å². The molecule has 0 heterocycles. The van der Waals surface area contributed by atoms with Gasteiger partial charge in [-0.05, 0) is 23.3 Å². The second-order valence-electron chi connectivity index (χ2n) is 2.99. The Morgan fingerprint density at radius 1 is 1.27 bits per heavy atom. The van der Waals surface area contributed by atoms with Crippen molar-refractivity contribution in [1.29, 1.82) is 0 Å². The highest BCUT2D eigenvalue weighted by molar-refractivity contribution is 5.75. The summed E-state index contributed by atoms with van der Waals surface area (Å²) in [5.41, 5.74) is 1.91. The maximum absolute atomic E-state index is 9.15. The quantitative estimate of drug-likeness (QED) is 0.736. The summed E-state index contributed by atoms with van der Waals surface area (Å²) in [6.45, 7) is 3.64. The van der Waals surface area contributed by atoms with Crippen LogP contribution in [0.2, 0.25) is 0 Å². The van der Waals surface area contributed by atoms with Crippen LogP contribution in [0.3, 0.4) is 0 Å². The molecule has 2 N–H and O–H groups in total. The molecule has 1 aromatic carbocycles. The molecule has 2 nitrogen and oxygen atoms in total. The van der Waals surface area contributed by atoms with Crippen molar-refractivity contribution in [2.24, 2.45) is 0 Å². The number of hydrogen-bond acceptors (Lipinski definition) is 2. The fourth-order valence-electron chi connectivity index (χ4n) is 1.21. The van der Waals surface area contributed by atoms with Gasteiger partial charge in [-0.15, -0.1) is 0 Å². The summed E-state index contributed by atoms with van der Waals surface area (Å²) in [7, 11) is 0. The van der Waals surface area contributed by atoms with E-state index in [1.54, 1.807) is 24.3 Å². The van der Waals surface area contributed by atoms with E-state index in [4.69, 9.17) is 10.2 Å². The van der Waals surface area contributed by atoms with E-state index in [9.17, 15) is 0 Å². The SMILES string of the molecule is C=C/C=C(\C=C/CO)c1ccc(O)cc1. The van der Waals surface area contributed by atoms with Crippen LogP contribution in [-0.2, 0) is 0 Å². The molecule has 0 saturated heterocycles. The molecule has 0 saturated carbocycles. The molecule has 0 amide bonds. The van der Waals surface area contributed by atoms with E-state index in [-0.39, 0.29) is 12.4 Å². The van der Waals surface area contributed by atoms with E-state index in [2.05, 4.69) is 6.58 Å². The monoisotopic (exact) mass is 202 g/mol. The van der Waals surface area contributed by atoms with Crippen LogP contribution in [0.5, 0.6) is 5.75 Å². The minimum absolute atomic E-state index is 0.00651. The highest BCUT2D eigenvalue weighted by Gasteiger charge is 1.96. The average molecular weight is 202 g/mol. The van der Waals surface area contributed by atoms with Gasteiger partial charge < -0.3 is 10.2 Å².